The highest BCUT2D eigenvalue weighted by Crippen LogP contribution is 2.42. The number of hydrogen-bond acceptors (Lipinski definition) is 3. The molecule has 12 aromatic rings. The molecule has 5 nitrogen and oxygen atoms in total. The molecule has 60 heavy (non-hydrogen) atoms. The van der Waals surface area contributed by atoms with Crippen LogP contribution in [0.5, 0.6) is 0 Å². The van der Waals surface area contributed by atoms with E-state index in [0.717, 1.165) is 95.7 Å². The van der Waals surface area contributed by atoms with Crippen molar-refractivity contribution in [2.24, 2.45) is 0 Å². The number of aromatic nitrogens is 3. The van der Waals surface area contributed by atoms with Gasteiger partial charge in [-0.3, -0.25) is 4.98 Å². The predicted octanol–water partition coefficient (Wildman–Crippen LogP) is 14.8. The minimum atomic E-state index is -4.68. The van der Waals surface area contributed by atoms with Gasteiger partial charge in [0.25, 0.3) is 0 Å². The molecule has 7 aromatic carbocycles. The Balaban J connectivity index is 1.01. The van der Waals surface area contributed by atoms with Gasteiger partial charge in [-0.25, -0.2) is 0 Å². The lowest BCUT2D eigenvalue weighted by Crippen LogP contribution is -2.04. The molecule has 0 unspecified atom stereocenters. The molecule has 0 aliphatic rings. The van der Waals surface area contributed by atoms with Gasteiger partial charge in [0.05, 0.1) is 33.2 Å². The van der Waals surface area contributed by atoms with Gasteiger partial charge in [0.1, 0.15) is 22.3 Å². The van der Waals surface area contributed by atoms with E-state index in [2.05, 4.69) is 52.0 Å². The standard InChI is InChI=1S/C49H25F6N3O2/c50-48(51,52)28-9-14-41-34(22-28)35-23-29(49(53,54)55)10-15-42(35)58(41)30-11-17-44-37(24-30)36-21-27(8-16-43(36)59-44)26-7-13-40-33(20-26)32-4-1-2-5-39(32)57(40)31-12-18-45-38(25-31)47-46(60-45)6-3-19-56-47/h1-25H. The second-order valence-corrected chi connectivity index (χ2v) is 15.0. The summed E-state index contributed by atoms with van der Waals surface area (Å²) in [5.41, 5.74) is 7.81. The zero-order chi connectivity index (χ0) is 40.7. The molecule has 12 rings (SSSR count). The van der Waals surface area contributed by atoms with E-state index in [-0.39, 0.29) is 10.8 Å². The fraction of sp³-hybridized carbons (Fsp3) is 0.0408. The van der Waals surface area contributed by atoms with Crippen LogP contribution in [0.3, 0.4) is 0 Å². The summed E-state index contributed by atoms with van der Waals surface area (Å²) in [6.07, 6.45) is -7.60. The Hall–Kier alpha value is -7.53. The van der Waals surface area contributed by atoms with Crippen molar-refractivity contribution in [1.82, 2.24) is 14.1 Å². The number of nitrogens with zero attached hydrogens (tertiary/aromatic N) is 3. The molecule has 0 bridgehead atoms. The van der Waals surface area contributed by atoms with Crippen molar-refractivity contribution >= 4 is 87.6 Å². The zero-order valence-corrected chi connectivity index (χ0v) is 30.9. The first-order valence-electron chi connectivity index (χ1n) is 19.0. The smallest absolute Gasteiger partial charge is 0.416 e. The molecule has 0 radical (unpaired) electrons. The van der Waals surface area contributed by atoms with Crippen LogP contribution in [0.25, 0.3) is 110 Å². The largest absolute Gasteiger partial charge is 0.456 e. The normalized spacial score (nSPS) is 12.8. The van der Waals surface area contributed by atoms with E-state index in [4.69, 9.17) is 8.83 Å². The molecule has 5 heterocycles. The summed E-state index contributed by atoms with van der Waals surface area (Å²) in [4.78, 5) is 4.58. The van der Waals surface area contributed by atoms with Gasteiger partial charge < -0.3 is 18.0 Å². The summed E-state index contributed by atoms with van der Waals surface area (Å²) in [5, 5.41) is 4.75. The van der Waals surface area contributed by atoms with Crippen molar-refractivity contribution in [3.8, 4) is 22.5 Å². The molecule has 0 aliphatic carbocycles. The predicted molar refractivity (Wildman–Crippen MR) is 223 cm³/mol. The summed E-state index contributed by atoms with van der Waals surface area (Å²) in [5.74, 6) is 0. The van der Waals surface area contributed by atoms with Gasteiger partial charge in [-0.2, -0.15) is 26.3 Å². The molecular weight excluding hydrogens is 777 g/mol. The van der Waals surface area contributed by atoms with Gasteiger partial charge in [0.15, 0.2) is 5.58 Å². The van der Waals surface area contributed by atoms with Gasteiger partial charge in [-0.1, -0.05) is 30.3 Å². The number of halogens is 6. The highest BCUT2D eigenvalue weighted by molar-refractivity contribution is 6.13. The van der Waals surface area contributed by atoms with Crippen molar-refractivity contribution in [3.05, 3.63) is 163 Å². The third-order valence-corrected chi connectivity index (χ3v) is 11.6. The Morgan fingerprint density at radius 1 is 0.383 bits per heavy atom. The molecule has 0 atom stereocenters. The third kappa shape index (κ3) is 5.04. The van der Waals surface area contributed by atoms with Crippen molar-refractivity contribution in [2.75, 3.05) is 0 Å². The van der Waals surface area contributed by atoms with Crippen LogP contribution in [0.4, 0.5) is 26.3 Å². The molecule has 290 valence electrons. The quantitative estimate of drug-likeness (QED) is 0.167. The summed E-state index contributed by atoms with van der Waals surface area (Å²) in [6, 6.07) is 42.3. The molecule has 0 aliphatic heterocycles. The summed E-state index contributed by atoms with van der Waals surface area (Å²) >= 11 is 0. The van der Waals surface area contributed by atoms with Gasteiger partial charge >= 0.3 is 12.4 Å². The van der Waals surface area contributed by atoms with Crippen LogP contribution >= 0.6 is 0 Å². The van der Waals surface area contributed by atoms with Crippen LogP contribution in [0.1, 0.15) is 11.1 Å². The van der Waals surface area contributed by atoms with Crippen LogP contribution in [-0.2, 0) is 12.4 Å². The average Bonchev–Trinajstić information content (AvgIpc) is 3.99. The molecule has 11 heteroatoms. The number of hydrogen-bond donors (Lipinski definition) is 0. The summed E-state index contributed by atoms with van der Waals surface area (Å²) in [7, 11) is 0. The van der Waals surface area contributed by atoms with Crippen molar-refractivity contribution in [2.45, 2.75) is 12.4 Å². The van der Waals surface area contributed by atoms with E-state index in [0.29, 0.717) is 27.9 Å². The first-order valence-corrected chi connectivity index (χ1v) is 19.0. The SMILES string of the molecule is FC(F)(F)c1ccc2c(c1)c1cc(C(F)(F)F)ccc1n2-c1ccc2oc3ccc(-c4ccc5c(c4)c4ccccc4n5-c4ccc5oc6cccnc6c5c4)cc3c2c1. The Morgan fingerprint density at radius 2 is 0.867 bits per heavy atom. The minimum Gasteiger partial charge on any atom is -0.456 e. The number of alkyl halides is 6. The molecular formula is C49H25F6N3O2. The van der Waals surface area contributed by atoms with Gasteiger partial charge in [-0.05, 0) is 126 Å². The minimum absolute atomic E-state index is 0.0645. The lowest BCUT2D eigenvalue weighted by Gasteiger charge is -2.10. The Kier molecular flexibility index (Phi) is 6.91. The maximum absolute atomic E-state index is 13.9. The van der Waals surface area contributed by atoms with Crippen LogP contribution in [0, 0.1) is 0 Å². The summed E-state index contributed by atoms with van der Waals surface area (Å²) < 4.78 is 99.4. The number of furan rings is 2. The summed E-state index contributed by atoms with van der Waals surface area (Å²) in [6.45, 7) is 0. The molecule has 0 amide bonds. The number of benzene rings is 7. The molecule has 0 spiro atoms. The first kappa shape index (κ1) is 34.5. The lowest BCUT2D eigenvalue weighted by atomic mass is 10.0. The highest BCUT2D eigenvalue weighted by atomic mass is 19.4. The Labute approximate surface area is 333 Å². The fourth-order valence-electron chi connectivity index (χ4n) is 8.89. The average molecular weight is 802 g/mol. The maximum Gasteiger partial charge on any atom is 0.416 e. The number of pyridine rings is 1. The maximum atomic E-state index is 13.9. The van der Waals surface area contributed by atoms with Crippen LogP contribution in [-0.4, -0.2) is 14.1 Å². The molecule has 0 saturated heterocycles. The van der Waals surface area contributed by atoms with Crippen LogP contribution in [0.2, 0.25) is 0 Å². The second kappa shape index (κ2) is 12.0. The molecule has 0 saturated carbocycles. The fourth-order valence-corrected chi connectivity index (χ4v) is 8.89. The number of para-hydroxylation sites is 1. The van der Waals surface area contributed by atoms with Crippen LogP contribution < -0.4 is 0 Å². The second-order valence-electron chi connectivity index (χ2n) is 15.0. The van der Waals surface area contributed by atoms with Crippen molar-refractivity contribution in [1.29, 1.82) is 0 Å². The van der Waals surface area contributed by atoms with Gasteiger partial charge in [-0.15, -0.1) is 0 Å². The number of rotatable bonds is 3. The topological polar surface area (TPSA) is 49.0 Å². The molecule has 0 N–H and O–H groups in total. The number of fused-ring (bicyclic) bond motifs is 12. The van der Waals surface area contributed by atoms with Gasteiger partial charge in [0, 0.05) is 55.3 Å². The van der Waals surface area contributed by atoms with E-state index in [1.165, 1.54) is 12.1 Å². The molecule has 0 fully saturated rings. The van der Waals surface area contributed by atoms with Crippen molar-refractivity contribution < 1.29 is 35.2 Å². The lowest BCUT2D eigenvalue weighted by molar-refractivity contribution is -0.138. The first-order chi connectivity index (χ1) is 29.0. The Bertz CT molecular complexity index is 3700. The van der Waals surface area contributed by atoms with E-state index < -0.39 is 23.5 Å². The zero-order valence-electron chi connectivity index (χ0n) is 30.9. The molecule has 5 aromatic heterocycles. The van der Waals surface area contributed by atoms with E-state index in [1.54, 1.807) is 22.9 Å². The Morgan fingerprint density at radius 3 is 1.52 bits per heavy atom. The van der Waals surface area contributed by atoms with E-state index >= 15 is 0 Å². The van der Waals surface area contributed by atoms with Crippen LogP contribution in [0.15, 0.2) is 161 Å². The third-order valence-electron chi connectivity index (χ3n) is 11.6. The monoisotopic (exact) mass is 801 g/mol. The van der Waals surface area contributed by atoms with Crippen molar-refractivity contribution in [3.63, 3.8) is 0 Å². The highest BCUT2D eigenvalue weighted by Gasteiger charge is 2.33. The van der Waals surface area contributed by atoms with E-state index in [9.17, 15) is 26.3 Å². The van der Waals surface area contributed by atoms with E-state index in [1.807, 2.05) is 54.6 Å². The van der Waals surface area contributed by atoms with Gasteiger partial charge in [0.2, 0.25) is 0 Å².